The smallest absolute Gasteiger partial charge is 0.341 e. The van der Waals surface area contributed by atoms with E-state index in [9.17, 15) is 4.79 Å². The minimum Gasteiger partial charge on any atom is -1.00 e. The van der Waals surface area contributed by atoms with Gasteiger partial charge in [-0.25, -0.2) is 0 Å². The van der Waals surface area contributed by atoms with Crippen molar-refractivity contribution in [3.8, 4) is 0 Å². The summed E-state index contributed by atoms with van der Waals surface area (Å²) in [5, 5.41) is 5.79. The fourth-order valence-electron chi connectivity index (χ4n) is 3.54. The van der Waals surface area contributed by atoms with Gasteiger partial charge in [-0.15, -0.1) is 16.3 Å². The summed E-state index contributed by atoms with van der Waals surface area (Å²) < 4.78 is 3.33. The topological polar surface area (TPSA) is 77.0 Å². The lowest BCUT2D eigenvalue weighted by atomic mass is 10.1. The number of aryl methyl sites for hydroxylation is 2. The Balaban J connectivity index is 0.00000256. The van der Waals surface area contributed by atoms with Gasteiger partial charge in [-0.3, -0.25) is 10.1 Å². The van der Waals surface area contributed by atoms with Crippen LogP contribution in [0.3, 0.4) is 0 Å². The van der Waals surface area contributed by atoms with Gasteiger partial charge >= 0.3 is 5.78 Å². The third-order valence-electron chi connectivity index (χ3n) is 4.86. The first-order chi connectivity index (χ1) is 13.9. The SMILES string of the molecule is CC(=O)n1c(Cc2cccs2)c(Nc2c(C)cccc2C)[n+]2c(N)cc(Cl)nc12.[Cl-]. The van der Waals surface area contributed by atoms with Crippen molar-refractivity contribution in [2.24, 2.45) is 0 Å². The molecule has 0 aliphatic carbocycles. The molecule has 4 rings (SSSR count). The first-order valence-corrected chi connectivity index (χ1v) is 10.4. The summed E-state index contributed by atoms with van der Waals surface area (Å²) in [5.74, 6) is 1.35. The van der Waals surface area contributed by atoms with Crippen LogP contribution in [0.2, 0.25) is 5.15 Å². The van der Waals surface area contributed by atoms with Crippen LogP contribution in [-0.2, 0) is 6.42 Å². The van der Waals surface area contributed by atoms with E-state index in [1.165, 1.54) is 6.92 Å². The molecule has 6 nitrogen and oxygen atoms in total. The molecule has 9 heteroatoms. The van der Waals surface area contributed by atoms with Crippen molar-refractivity contribution in [2.75, 3.05) is 11.1 Å². The minimum atomic E-state index is -0.155. The Labute approximate surface area is 189 Å². The highest BCUT2D eigenvalue weighted by atomic mass is 35.5. The van der Waals surface area contributed by atoms with Crippen LogP contribution in [0, 0.1) is 13.8 Å². The summed E-state index contributed by atoms with van der Waals surface area (Å²) in [6, 6.07) is 11.7. The lowest BCUT2D eigenvalue weighted by Crippen LogP contribution is -3.00. The van der Waals surface area contributed by atoms with Gasteiger partial charge in [0.15, 0.2) is 11.0 Å². The van der Waals surface area contributed by atoms with E-state index in [1.807, 2.05) is 49.6 Å². The molecule has 30 heavy (non-hydrogen) atoms. The van der Waals surface area contributed by atoms with E-state index in [-0.39, 0.29) is 23.5 Å². The number of thiophene rings is 1. The Hall–Kier alpha value is -2.61. The maximum Gasteiger partial charge on any atom is 0.341 e. The van der Waals surface area contributed by atoms with E-state index >= 15 is 0 Å². The zero-order valence-electron chi connectivity index (χ0n) is 16.7. The first-order valence-electron chi connectivity index (χ1n) is 9.14. The number of imidazole rings is 1. The second-order valence-electron chi connectivity index (χ2n) is 6.94. The number of fused-ring (bicyclic) bond motifs is 1. The third-order valence-corrected chi connectivity index (χ3v) is 5.93. The number of hydrogen-bond acceptors (Lipinski definition) is 5. The second-order valence-corrected chi connectivity index (χ2v) is 8.36. The molecule has 0 unspecified atom stereocenters. The fraction of sp³-hybridized carbons (Fsp3) is 0.190. The van der Waals surface area contributed by atoms with Crippen molar-refractivity contribution < 1.29 is 21.6 Å². The number of nitrogen functional groups attached to an aromatic ring is 1. The number of nitrogens with zero attached hydrogens (tertiary/aromatic N) is 3. The minimum absolute atomic E-state index is 0. The van der Waals surface area contributed by atoms with Crippen LogP contribution >= 0.6 is 22.9 Å². The molecule has 0 atom stereocenters. The fourth-order valence-corrected chi connectivity index (χ4v) is 4.44. The number of rotatable bonds is 4. The number of benzene rings is 1. The highest BCUT2D eigenvalue weighted by Crippen LogP contribution is 2.29. The predicted molar refractivity (Wildman–Crippen MR) is 117 cm³/mol. The van der Waals surface area contributed by atoms with E-state index in [0.29, 0.717) is 23.8 Å². The molecular weight excluding hydrogens is 441 g/mol. The molecule has 0 saturated heterocycles. The van der Waals surface area contributed by atoms with Crippen LogP contribution in [0.25, 0.3) is 5.78 Å². The van der Waals surface area contributed by atoms with Crippen molar-refractivity contribution in [2.45, 2.75) is 27.2 Å². The van der Waals surface area contributed by atoms with Gasteiger partial charge in [0.1, 0.15) is 5.69 Å². The molecule has 0 bridgehead atoms. The Morgan fingerprint density at radius 2 is 1.97 bits per heavy atom. The molecule has 3 N–H and O–H groups in total. The van der Waals surface area contributed by atoms with Crippen LogP contribution in [-0.4, -0.2) is 15.5 Å². The van der Waals surface area contributed by atoms with E-state index in [1.54, 1.807) is 26.4 Å². The van der Waals surface area contributed by atoms with Gasteiger partial charge in [0, 0.05) is 24.3 Å². The Bertz CT molecular complexity index is 1210. The highest BCUT2D eigenvalue weighted by molar-refractivity contribution is 7.09. The zero-order chi connectivity index (χ0) is 20.7. The van der Waals surface area contributed by atoms with E-state index < -0.39 is 0 Å². The molecule has 0 amide bonds. The largest absolute Gasteiger partial charge is 1.00 e. The summed E-state index contributed by atoms with van der Waals surface area (Å²) >= 11 is 7.81. The lowest BCUT2D eigenvalue weighted by Gasteiger charge is -2.11. The third kappa shape index (κ3) is 3.88. The van der Waals surface area contributed by atoms with Crippen molar-refractivity contribution in [3.05, 3.63) is 68.6 Å². The molecular formula is C21H21Cl2N5OS. The highest BCUT2D eigenvalue weighted by Gasteiger charge is 2.29. The van der Waals surface area contributed by atoms with Gasteiger partial charge in [0.2, 0.25) is 5.82 Å². The lowest BCUT2D eigenvalue weighted by molar-refractivity contribution is -0.481. The van der Waals surface area contributed by atoms with Gasteiger partial charge in [0.25, 0.3) is 5.91 Å². The molecule has 1 aromatic carbocycles. The first kappa shape index (κ1) is 22.1. The molecule has 0 fully saturated rings. The van der Waals surface area contributed by atoms with Crippen LogP contribution in [0.4, 0.5) is 17.3 Å². The van der Waals surface area contributed by atoms with Crippen LogP contribution < -0.4 is 27.9 Å². The number of carbonyl (C=O) groups excluding carboxylic acids is 1. The molecule has 4 aromatic rings. The van der Waals surface area contributed by atoms with Gasteiger partial charge in [-0.1, -0.05) is 35.9 Å². The van der Waals surface area contributed by atoms with Gasteiger partial charge < -0.3 is 18.1 Å². The van der Waals surface area contributed by atoms with Crippen molar-refractivity contribution in [1.29, 1.82) is 0 Å². The summed E-state index contributed by atoms with van der Waals surface area (Å²) in [6.45, 7) is 5.60. The molecule has 0 spiro atoms. The Morgan fingerprint density at radius 1 is 1.27 bits per heavy atom. The van der Waals surface area contributed by atoms with Gasteiger partial charge in [-0.05, 0) is 36.4 Å². The number of carbonyl (C=O) groups is 1. The van der Waals surface area contributed by atoms with Gasteiger partial charge in [-0.2, -0.15) is 8.97 Å². The summed E-state index contributed by atoms with van der Waals surface area (Å²) in [6.07, 6.45) is 0.560. The average molecular weight is 462 g/mol. The maximum atomic E-state index is 12.6. The van der Waals surface area contributed by atoms with Crippen molar-refractivity contribution >= 4 is 51.9 Å². The van der Waals surface area contributed by atoms with Crippen molar-refractivity contribution in [3.63, 3.8) is 0 Å². The summed E-state index contributed by atoms with van der Waals surface area (Å²) in [4.78, 5) is 18.2. The number of hydrogen-bond donors (Lipinski definition) is 2. The van der Waals surface area contributed by atoms with E-state index in [0.717, 1.165) is 27.4 Å². The standard InChI is InChI=1S/C21H20ClN5OS.ClH/c1-12-6-4-7-13(2)19(12)25-20-16(10-15-8-5-9-29-15)26(14(3)28)21-24-17(22)11-18(23)27(20)21;/h4-9,11,23,25H,10H2,1-3H3;1H. The Kier molecular flexibility index (Phi) is 6.36. The number of halogens is 2. The maximum absolute atomic E-state index is 12.6. The monoisotopic (exact) mass is 461 g/mol. The summed E-state index contributed by atoms with van der Waals surface area (Å²) in [7, 11) is 0. The quantitative estimate of drug-likeness (QED) is 0.356. The van der Waals surface area contributed by atoms with Crippen molar-refractivity contribution in [1.82, 2.24) is 9.55 Å². The number of anilines is 3. The molecule has 0 aliphatic heterocycles. The molecule has 0 aliphatic rings. The van der Waals surface area contributed by atoms with Gasteiger partial charge in [0.05, 0.1) is 5.69 Å². The number of nitrogens with two attached hydrogens (primary N) is 1. The summed E-state index contributed by atoms with van der Waals surface area (Å²) in [5.41, 5.74) is 10.3. The van der Waals surface area contributed by atoms with E-state index in [4.69, 9.17) is 17.3 Å². The zero-order valence-corrected chi connectivity index (χ0v) is 19.1. The number of nitrogens with one attached hydrogen (secondary N) is 1. The van der Waals surface area contributed by atoms with E-state index in [2.05, 4.69) is 10.3 Å². The van der Waals surface area contributed by atoms with Crippen LogP contribution in [0.1, 0.15) is 33.4 Å². The number of aromatic nitrogens is 3. The van der Waals surface area contributed by atoms with Crippen LogP contribution in [0.15, 0.2) is 41.8 Å². The number of para-hydroxylation sites is 1. The average Bonchev–Trinajstić information content (AvgIpc) is 3.25. The molecule has 0 radical (unpaired) electrons. The molecule has 3 heterocycles. The second kappa shape index (κ2) is 8.63. The van der Waals surface area contributed by atoms with Crippen LogP contribution in [0.5, 0.6) is 0 Å². The molecule has 0 saturated carbocycles. The predicted octanol–water partition coefficient (Wildman–Crippen LogP) is 1.53. The Morgan fingerprint density at radius 3 is 2.57 bits per heavy atom. The normalized spacial score (nSPS) is 10.8. The molecule has 3 aromatic heterocycles. The molecule has 156 valence electrons.